The number of thiocarbonyl (C=S) groups is 2. The zero-order valence-electron chi connectivity index (χ0n) is 23.0. The van der Waals surface area contributed by atoms with Gasteiger partial charge in [0.15, 0.2) is 32.0 Å². The molecule has 13 atom stereocenters. The molecular formula is C24H38N3O13S2+. The lowest BCUT2D eigenvalue weighted by Gasteiger charge is -2.48. The fraction of sp³-hybridized carbons (Fsp3) is 0.792. The van der Waals surface area contributed by atoms with Gasteiger partial charge in [-0.2, -0.15) is 0 Å². The van der Waals surface area contributed by atoms with Crippen LogP contribution in [0.15, 0.2) is 10.8 Å². The van der Waals surface area contributed by atoms with E-state index >= 15 is 0 Å². The van der Waals surface area contributed by atoms with Crippen molar-refractivity contribution in [1.82, 2.24) is 10.6 Å². The van der Waals surface area contributed by atoms with Gasteiger partial charge in [0.1, 0.15) is 66.5 Å². The monoisotopic (exact) mass is 640 g/mol. The van der Waals surface area contributed by atoms with Gasteiger partial charge in [0, 0.05) is 4.74 Å². The van der Waals surface area contributed by atoms with Crippen LogP contribution >= 0.6 is 24.4 Å². The van der Waals surface area contributed by atoms with Crippen molar-refractivity contribution < 1.29 is 68.7 Å². The number of hydrogen-bond donors (Lipinski definition) is 9. The average Bonchev–Trinajstić information content (AvgIpc) is 3.31. The van der Waals surface area contributed by atoms with Crippen LogP contribution in [0.1, 0.15) is 25.5 Å². The van der Waals surface area contributed by atoms with Gasteiger partial charge in [0.25, 0.3) is 0 Å². The molecule has 0 aliphatic carbocycles. The molecular weight excluding hydrogens is 602 g/mol. The van der Waals surface area contributed by atoms with Crippen molar-refractivity contribution >= 4 is 34.4 Å². The Kier molecular flexibility index (Phi) is 11.1. The number of aromatic nitrogens is 1. The Hall–Kier alpha value is -1.65. The Labute approximate surface area is 251 Å². The minimum atomic E-state index is -1.48. The standard InChI is InChI=1S/C24H37N3O13S2/c1-8(41)25-14-19(33)17(31)11(4-28)38-24(14)40-21-12(5-29)39-23(15(20(21)34)26-9(2)42)35-7-13-18(32)16(30)10-6-36-27(3)22(10)37-13/h6,11-21,23-24,28-34H,4-5,7H2,1-3H3,(H-,25,26,41,42)/p+1/t11?,12?,13?,14?,15-,16-,17-,18-,19-,20?,21+,23?,24+/m1/s1. The second kappa shape index (κ2) is 14.0. The molecule has 1 aromatic rings. The molecule has 6 unspecified atom stereocenters. The van der Waals surface area contributed by atoms with Crippen LogP contribution in [0, 0.1) is 0 Å². The summed E-state index contributed by atoms with van der Waals surface area (Å²) in [6.07, 6.45) is -13.2. The number of aryl methyl sites for hydroxylation is 1. The molecule has 16 nitrogen and oxygen atoms in total. The lowest BCUT2D eigenvalue weighted by atomic mass is 9.94. The molecule has 3 aliphatic rings. The first-order valence-corrected chi connectivity index (χ1v) is 14.1. The Morgan fingerprint density at radius 2 is 1.45 bits per heavy atom. The third-order valence-electron chi connectivity index (χ3n) is 7.35. The van der Waals surface area contributed by atoms with E-state index < -0.39 is 92.8 Å². The van der Waals surface area contributed by atoms with E-state index in [1.165, 1.54) is 11.0 Å². The minimum absolute atomic E-state index is 0.202. The molecule has 0 spiro atoms. The van der Waals surface area contributed by atoms with Gasteiger partial charge in [-0.25, -0.2) is 4.52 Å². The second-order valence-corrected chi connectivity index (χ2v) is 11.6. The molecule has 0 bridgehead atoms. The summed E-state index contributed by atoms with van der Waals surface area (Å²) < 4.78 is 35.8. The van der Waals surface area contributed by atoms with Crippen LogP contribution in [0.2, 0.25) is 0 Å². The highest BCUT2D eigenvalue weighted by molar-refractivity contribution is 7.80. The van der Waals surface area contributed by atoms with Crippen molar-refractivity contribution in [2.24, 2.45) is 7.05 Å². The predicted octanol–water partition coefficient (Wildman–Crippen LogP) is -4.21. The fourth-order valence-electron chi connectivity index (χ4n) is 5.18. The normalized spacial score (nSPS) is 40.1. The summed E-state index contributed by atoms with van der Waals surface area (Å²) in [5, 5.41) is 79.1. The molecule has 0 radical (unpaired) electrons. The van der Waals surface area contributed by atoms with Crippen molar-refractivity contribution in [3.8, 4) is 5.88 Å². The maximum absolute atomic E-state index is 11.4. The quantitative estimate of drug-likeness (QED) is 0.0920. The lowest BCUT2D eigenvalue weighted by Crippen LogP contribution is -2.69. The SMILES string of the molecule is CC(=S)NC1[C@H](O[C@H]2C(CO)OC(OCC3Oc4c(co[n+]4C)[C@@H](O)[C@@H]3O)[C@H](NC(C)=S)C2O)OC(CO)[C@@H](O)[C@@H]1O. The molecule has 2 fully saturated rings. The molecule has 9 N–H and O–H groups in total. The van der Waals surface area contributed by atoms with Gasteiger partial charge in [-0.1, -0.05) is 24.4 Å². The van der Waals surface area contributed by atoms with Crippen molar-refractivity contribution in [3.63, 3.8) is 0 Å². The lowest BCUT2D eigenvalue weighted by molar-refractivity contribution is -0.848. The predicted molar refractivity (Wildman–Crippen MR) is 146 cm³/mol. The number of ether oxygens (including phenoxy) is 5. The fourth-order valence-corrected chi connectivity index (χ4v) is 5.46. The first-order chi connectivity index (χ1) is 19.9. The topological polar surface area (TPSA) is 229 Å². The molecule has 0 saturated carbocycles. The zero-order valence-corrected chi connectivity index (χ0v) is 24.7. The molecule has 238 valence electrons. The van der Waals surface area contributed by atoms with Crippen LogP contribution in [0.5, 0.6) is 5.88 Å². The van der Waals surface area contributed by atoms with Gasteiger partial charge >= 0.3 is 5.88 Å². The maximum Gasteiger partial charge on any atom is 0.420 e. The highest BCUT2D eigenvalue weighted by Crippen LogP contribution is 2.34. The van der Waals surface area contributed by atoms with Gasteiger partial charge in [0.2, 0.25) is 0 Å². The molecule has 42 heavy (non-hydrogen) atoms. The van der Waals surface area contributed by atoms with E-state index in [2.05, 4.69) is 10.6 Å². The largest absolute Gasteiger partial charge is 0.433 e. The van der Waals surface area contributed by atoms with Gasteiger partial charge < -0.3 is 70.1 Å². The highest BCUT2D eigenvalue weighted by atomic mass is 32.1. The molecule has 1 aromatic heterocycles. The number of nitrogens with zero attached hydrogens (tertiary/aromatic N) is 1. The smallest absolute Gasteiger partial charge is 0.420 e. The van der Waals surface area contributed by atoms with E-state index in [9.17, 15) is 35.7 Å². The summed E-state index contributed by atoms with van der Waals surface area (Å²) in [5.74, 6) is 0.202. The van der Waals surface area contributed by atoms with Crippen LogP contribution in [-0.4, -0.2) is 139 Å². The van der Waals surface area contributed by atoms with E-state index in [4.69, 9.17) is 52.6 Å². The number of rotatable bonds is 9. The van der Waals surface area contributed by atoms with Crippen LogP contribution in [0.25, 0.3) is 0 Å². The molecule has 2 saturated heterocycles. The van der Waals surface area contributed by atoms with E-state index in [1.807, 2.05) is 0 Å². The van der Waals surface area contributed by atoms with Crippen LogP contribution in [-0.2, 0) is 26.0 Å². The van der Waals surface area contributed by atoms with Crippen LogP contribution in [0.4, 0.5) is 0 Å². The van der Waals surface area contributed by atoms with Gasteiger partial charge in [-0.15, -0.1) is 0 Å². The van der Waals surface area contributed by atoms with Crippen molar-refractivity contribution in [2.45, 2.75) is 93.4 Å². The van der Waals surface area contributed by atoms with E-state index in [-0.39, 0.29) is 28.0 Å². The van der Waals surface area contributed by atoms with Crippen molar-refractivity contribution in [3.05, 3.63) is 11.8 Å². The Bertz CT molecular complexity index is 1100. The summed E-state index contributed by atoms with van der Waals surface area (Å²) in [5.41, 5.74) is 0.268. The number of nitrogens with one attached hydrogen (secondary N) is 2. The van der Waals surface area contributed by atoms with Gasteiger partial charge in [-0.05, 0) is 13.8 Å². The third-order valence-corrected chi connectivity index (χ3v) is 7.58. The summed E-state index contributed by atoms with van der Waals surface area (Å²) >= 11 is 10.3. The second-order valence-electron chi connectivity index (χ2n) is 10.4. The summed E-state index contributed by atoms with van der Waals surface area (Å²) in [6.45, 7) is 1.51. The van der Waals surface area contributed by atoms with Crippen molar-refractivity contribution in [2.75, 3.05) is 19.8 Å². The first kappa shape index (κ1) is 33.2. The molecule has 0 aromatic carbocycles. The van der Waals surface area contributed by atoms with Crippen LogP contribution < -0.4 is 20.1 Å². The Morgan fingerprint density at radius 3 is 2.05 bits per heavy atom. The molecule has 0 amide bonds. The third kappa shape index (κ3) is 6.85. The summed E-state index contributed by atoms with van der Waals surface area (Å²) in [6, 6.07) is -2.18. The molecule has 18 heteroatoms. The van der Waals surface area contributed by atoms with Gasteiger partial charge in [-0.3, -0.25) is 0 Å². The molecule has 3 aliphatic heterocycles. The van der Waals surface area contributed by atoms with Crippen LogP contribution in [0.3, 0.4) is 0 Å². The molecule has 4 heterocycles. The average molecular weight is 641 g/mol. The number of fused-ring (bicyclic) bond motifs is 1. The zero-order chi connectivity index (χ0) is 30.9. The Balaban J connectivity index is 1.52. The number of aliphatic hydroxyl groups is 7. The first-order valence-electron chi connectivity index (χ1n) is 13.3. The number of aliphatic hydroxyl groups excluding tert-OH is 7. The van der Waals surface area contributed by atoms with E-state index in [0.717, 1.165) is 0 Å². The Morgan fingerprint density at radius 1 is 0.857 bits per heavy atom. The number of hydrogen-bond acceptors (Lipinski definition) is 15. The van der Waals surface area contributed by atoms with Crippen molar-refractivity contribution in [1.29, 1.82) is 0 Å². The van der Waals surface area contributed by atoms with E-state index in [1.54, 1.807) is 20.9 Å². The van der Waals surface area contributed by atoms with E-state index in [0.29, 0.717) is 0 Å². The van der Waals surface area contributed by atoms with Gasteiger partial charge in [0.05, 0.1) is 29.8 Å². The summed E-state index contributed by atoms with van der Waals surface area (Å²) in [4.78, 5) is 0.517. The summed E-state index contributed by atoms with van der Waals surface area (Å²) in [7, 11) is 1.56. The molecule has 4 rings (SSSR count). The maximum atomic E-state index is 11.4. The highest BCUT2D eigenvalue weighted by Gasteiger charge is 2.52. The minimum Gasteiger partial charge on any atom is -0.433 e.